The number of rotatable bonds is 5. The van der Waals surface area contributed by atoms with Gasteiger partial charge in [-0.1, -0.05) is 35.1 Å². The lowest BCUT2D eigenvalue weighted by Crippen LogP contribution is -2.40. The van der Waals surface area contributed by atoms with Crippen molar-refractivity contribution in [2.75, 3.05) is 6.61 Å². The van der Waals surface area contributed by atoms with Gasteiger partial charge in [-0.2, -0.15) is 0 Å². The molecule has 9 nitrogen and oxygen atoms in total. The summed E-state index contributed by atoms with van der Waals surface area (Å²) in [5.74, 6) is -0.622. The van der Waals surface area contributed by atoms with Crippen LogP contribution in [0.2, 0.25) is 0 Å². The maximum absolute atomic E-state index is 13.6. The summed E-state index contributed by atoms with van der Waals surface area (Å²) < 4.78 is 6.91. The molecule has 0 aliphatic carbocycles. The zero-order chi connectivity index (χ0) is 25.4. The van der Waals surface area contributed by atoms with Crippen molar-refractivity contribution >= 4 is 29.1 Å². The molecule has 0 spiro atoms. The Bertz CT molecular complexity index is 1580. The van der Waals surface area contributed by atoms with Crippen LogP contribution in [0.4, 0.5) is 5.69 Å². The number of fused-ring (bicyclic) bond motifs is 1. The number of nitro benzene ring substituents is 1. The molecule has 180 valence electrons. The van der Waals surface area contributed by atoms with Gasteiger partial charge in [0.2, 0.25) is 0 Å². The molecule has 3 aromatic rings. The minimum Gasteiger partial charge on any atom is -0.507 e. The molecule has 0 fully saturated rings. The van der Waals surface area contributed by atoms with Crippen LogP contribution in [0, 0.1) is 24.0 Å². The summed E-state index contributed by atoms with van der Waals surface area (Å²) in [7, 11) is 0. The van der Waals surface area contributed by atoms with E-state index in [2.05, 4.69) is 4.99 Å². The van der Waals surface area contributed by atoms with E-state index in [9.17, 15) is 24.8 Å². The van der Waals surface area contributed by atoms with Gasteiger partial charge in [-0.15, -0.1) is 0 Å². The number of nitro groups is 1. The first-order valence-corrected chi connectivity index (χ1v) is 11.7. The third kappa shape index (κ3) is 4.40. The van der Waals surface area contributed by atoms with Crippen LogP contribution >= 0.6 is 11.3 Å². The van der Waals surface area contributed by atoms with Gasteiger partial charge in [-0.25, -0.2) is 9.79 Å². The van der Waals surface area contributed by atoms with E-state index >= 15 is 0 Å². The van der Waals surface area contributed by atoms with E-state index < -0.39 is 22.5 Å². The number of benzene rings is 2. The van der Waals surface area contributed by atoms with Crippen LogP contribution in [0.3, 0.4) is 0 Å². The molecule has 1 aliphatic heterocycles. The number of carbonyl (C=O) groups excluding carboxylic acids is 1. The molecule has 1 aromatic heterocycles. The highest BCUT2D eigenvalue weighted by Gasteiger charge is 2.34. The lowest BCUT2D eigenvalue weighted by Gasteiger charge is -2.24. The van der Waals surface area contributed by atoms with Crippen LogP contribution < -0.4 is 14.9 Å². The number of aromatic hydroxyl groups is 1. The first-order chi connectivity index (χ1) is 16.6. The highest BCUT2D eigenvalue weighted by atomic mass is 32.1. The van der Waals surface area contributed by atoms with Gasteiger partial charge in [0, 0.05) is 17.2 Å². The van der Waals surface area contributed by atoms with E-state index in [-0.39, 0.29) is 23.6 Å². The number of phenolic OH excluding ortho intramolecular Hbond substituents is 1. The summed E-state index contributed by atoms with van der Waals surface area (Å²) in [6, 6.07) is 8.73. The van der Waals surface area contributed by atoms with E-state index in [1.54, 1.807) is 57.2 Å². The summed E-state index contributed by atoms with van der Waals surface area (Å²) in [6.07, 6.45) is 1.57. The number of hydrogen-bond acceptors (Lipinski definition) is 8. The second-order valence-corrected chi connectivity index (χ2v) is 9.18. The van der Waals surface area contributed by atoms with E-state index in [0.29, 0.717) is 31.7 Å². The number of aryl methyl sites for hydroxylation is 2. The predicted molar refractivity (Wildman–Crippen MR) is 131 cm³/mol. The van der Waals surface area contributed by atoms with Crippen LogP contribution in [-0.2, 0) is 9.53 Å². The zero-order valence-electron chi connectivity index (χ0n) is 19.6. The molecular formula is C25H23N3O6S. The standard InChI is InChI=1S/C25H23N3O6S/c1-5-34-24(31)21-15(4)26-25-27(22(21)16-8-7-14(3)18(11-16)28(32)33)23(30)20(35-25)12-17-10-13(2)6-9-19(17)29/h6-12,22,29H,5H2,1-4H3/b20-12+/t22-/m0/s1. The van der Waals surface area contributed by atoms with Crippen molar-refractivity contribution in [3.05, 3.63) is 99.7 Å². The molecule has 1 aliphatic rings. The third-order valence-corrected chi connectivity index (χ3v) is 6.72. The Morgan fingerprint density at radius 3 is 2.69 bits per heavy atom. The number of ether oxygens (including phenoxy) is 1. The van der Waals surface area contributed by atoms with Gasteiger partial charge < -0.3 is 9.84 Å². The molecule has 0 radical (unpaired) electrons. The quantitative estimate of drug-likeness (QED) is 0.331. The molecule has 35 heavy (non-hydrogen) atoms. The van der Waals surface area contributed by atoms with E-state index in [0.717, 1.165) is 16.9 Å². The molecule has 2 heterocycles. The molecule has 10 heteroatoms. The van der Waals surface area contributed by atoms with E-state index in [4.69, 9.17) is 4.74 Å². The fraction of sp³-hybridized carbons (Fsp3) is 0.240. The molecule has 0 saturated carbocycles. The van der Waals surface area contributed by atoms with Crippen LogP contribution in [0.15, 0.2) is 57.5 Å². The van der Waals surface area contributed by atoms with Crippen molar-refractivity contribution in [3.8, 4) is 5.75 Å². The largest absolute Gasteiger partial charge is 0.507 e. The Kier molecular flexibility index (Phi) is 6.40. The molecule has 0 amide bonds. The van der Waals surface area contributed by atoms with Gasteiger partial charge in [-0.05, 0) is 51.5 Å². The van der Waals surface area contributed by atoms with Crippen LogP contribution in [-0.4, -0.2) is 27.2 Å². The van der Waals surface area contributed by atoms with Crippen molar-refractivity contribution in [2.24, 2.45) is 4.99 Å². The second-order valence-electron chi connectivity index (χ2n) is 8.17. The Hall–Kier alpha value is -4.05. The highest BCUT2D eigenvalue weighted by Crippen LogP contribution is 2.33. The zero-order valence-corrected chi connectivity index (χ0v) is 20.4. The summed E-state index contributed by atoms with van der Waals surface area (Å²) in [6.45, 7) is 6.93. The third-order valence-electron chi connectivity index (χ3n) is 5.73. The van der Waals surface area contributed by atoms with Crippen LogP contribution in [0.5, 0.6) is 5.75 Å². The van der Waals surface area contributed by atoms with Crippen molar-refractivity contribution in [2.45, 2.75) is 33.7 Å². The van der Waals surface area contributed by atoms with Crippen molar-refractivity contribution in [3.63, 3.8) is 0 Å². The second kappa shape index (κ2) is 9.30. The van der Waals surface area contributed by atoms with Gasteiger partial charge in [0.05, 0.1) is 33.4 Å². The van der Waals surface area contributed by atoms with Gasteiger partial charge in [0.15, 0.2) is 4.80 Å². The summed E-state index contributed by atoms with van der Waals surface area (Å²) in [5.41, 5.74) is 2.19. The van der Waals surface area contributed by atoms with Gasteiger partial charge >= 0.3 is 5.97 Å². The lowest BCUT2D eigenvalue weighted by molar-refractivity contribution is -0.385. The molecule has 1 N–H and O–H groups in total. The molecule has 0 unspecified atom stereocenters. The number of thiazole rings is 1. The minimum absolute atomic E-state index is 0.0236. The summed E-state index contributed by atoms with van der Waals surface area (Å²) in [4.78, 5) is 42.5. The normalized spacial score (nSPS) is 15.5. The number of hydrogen-bond donors (Lipinski definition) is 1. The molecular weight excluding hydrogens is 470 g/mol. The number of aromatic nitrogens is 1. The van der Waals surface area contributed by atoms with Gasteiger partial charge in [0.1, 0.15) is 5.75 Å². The minimum atomic E-state index is -0.960. The monoisotopic (exact) mass is 493 g/mol. The number of allylic oxidation sites excluding steroid dienone is 1. The van der Waals surface area contributed by atoms with Crippen molar-refractivity contribution < 1.29 is 19.6 Å². The highest BCUT2D eigenvalue weighted by molar-refractivity contribution is 7.07. The first kappa shape index (κ1) is 24.1. The smallest absolute Gasteiger partial charge is 0.338 e. The maximum atomic E-state index is 13.6. The molecule has 2 aromatic carbocycles. The topological polar surface area (TPSA) is 124 Å². The van der Waals surface area contributed by atoms with Gasteiger partial charge in [-0.3, -0.25) is 19.5 Å². The van der Waals surface area contributed by atoms with Crippen molar-refractivity contribution in [1.82, 2.24) is 4.57 Å². The lowest BCUT2D eigenvalue weighted by atomic mass is 9.94. The predicted octanol–water partition coefficient (Wildman–Crippen LogP) is 3.03. The number of phenols is 1. The van der Waals surface area contributed by atoms with E-state index in [1.165, 1.54) is 10.6 Å². The Morgan fingerprint density at radius 1 is 1.26 bits per heavy atom. The van der Waals surface area contributed by atoms with Gasteiger partial charge in [0.25, 0.3) is 11.2 Å². The molecule has 4 rings (SSSR count). The number of nitrogens with zero attached hydrogens (tertiary/aromatic N) is 3. The Balaban J connectivity index is 2.01. The molecule has 1 atom stereocenters. The maximum Gasteiger partial charge on any atom is 0.338 e. The van der Waals surface area contributed by atoms with Crippen LogP contribution in [0.25, 0.3) is 6.08 Å². The Morgan fingerprint density at radius 2 is 2.00 bits per heavy atom. The summed E-state index contributed by atoms with van der Waals surface area (Å²) >= 11 is 1.11. The SMILES string of the molecule is CCOC(=O)C1=C(C)N=c2s/c(=C/c3cc(C)ccc3O)c(=O)n2[C@H]1c1ccc(C)c([N+](=O)[O-])c1. The Labute approximate surface area is 204 Å². The number of carbonyl (C=O) groups is 1. The van der Waals surface area contributed by atoms with Crippen molar-refractivity contribution in [1.29, 1.82) is 0 Å². The summed E-state index contributed by atoms with van der Waals surface area (Å²) in [5, 5.41) is 21.9. The average Bonchev–Trinajstić information content (AvgIpc) is 3.10. The fourth-order valence-corrected chi connectivity index (χ4v) is 5.07. The molecule has 0 bridgehead atoms. The first-order valence-electron chi connectivity index (χ1n) is 10.9. The average molecular weight is 494 g/mol. The van der Waals surface area contributed by atoms with Crippen LogP contribution in [0.1, 0.15) is 42.1 Å². The fourth-order valence-electron chi connectivity index (χ4n) is 4.03. The van der Waals surface area contributed by atoms with E-state index in [1.807, 2.05) is 6.92 Å². The number of esters is 1. The molecule has 0 saturated heterocycles.